The topological polar surface area (TPSA) is 58.6 Å². The quantitative estimate of drug-likeness (QED) is 0.663. The van der Waals surface area contributed by atoms with Crippen LogP contribution in [0.15, 0.2) is 0 Å². The Morgan fingerprint density at radius 2 is 2.27 bits per heavy atom. The molecule has 1 aliphatic rings. The molecule has 1 N–H and O–H groups in total. The third-order valence-electron chi connectivity index (χ3n) is 2.49. The molecule has 0 aliphatic carbocycles. The van der Waals surface area contributed by atoms with Crippen LogP contribution in [-0.4, -0.2) is 57.4 Å². The van der Waals surface area contributed by atoms with Crippen molar-refractivity contribution in [3.8, 4) is 0 Å². The van der Waals surface area contributed by atoms with Gasteiger partial charge in [0.05, 0.1) is 12.4 Å². The molecule has 0 unspecified atom stereocenters. The molecule has 0 aromatic carbocycles. The maximum absolute atomic E-state index is 11.9. The van der Waals surface area contributed by atoms with Gasteiger partial charge in [0.2, 0.25) is 10.0 Å². The van der Waals surface area contributed by atoms with Crippen LogP contribution in [0.25, 0.3) is 0 Å². The number of hydrogen-bond donors (Lipinski definition) is 1. The summed E-state index contributed by atoms with van der Waals surface area (Å²) in [5.74, 6) is 0.0885. The minimum Gasteiger partial charge on any atom is -0.381 e. The van der Waals surface area contributed by atoms with E-state index in [1.807, 2.05) is 13.8 Å². The molecular formula is C9H20N2O3S. The van der Waals surface area contributed by atoms with Crippen molar-refractivity contribution < 1.29 is 13.2 Å². The van der Waals surface area contributed by atoms with Gasteiger partial charge in [-0.2, -0.15) is 4.31 Å². The summed E-state index contributed by atoms with van der Waals surface area (Å²) in [6, 6.07) is 0.0466. The predicted octanol–water partition coefficient (Wildman–Crippen LogP) is -0.354. The molecule has 90 valence electrons. The molecule has 1 heterocycles. The second-order valence-corrected chi connectivity index (χ2v) is 5.72. The van der Waals surface area contributed by atoms with E-state index in [4.69, 9.17) is 4.74 Å². The van der Waals surface area contributed by atoms with Crippen LogP contribution < -0.4 is 5.32 Å². The molecule has 1 atom stereocenters. The lowest BCUT2D eigenvalue weighted by molar-refractivity contribution is 0.161. The van der Waals surface area contributed by atoms with Crippen molar-refractivity contribution in [2.45, 2.75) is 19.9 Å². The number of piperazine rings is 1. The van der Waals surface area contributed by atoms with E-state index in [9.17, 15) is 8.42 Å². The van der Waals surface area contributed by atoms with Crippen LogP contribution in [0.4, 0.5) is 0 Å². The number of hydrogen-bond acceptors (Lipinski definition) is 4. The highest BCUT2D eigenvalue weighted by Crippen LogP contribution is 2.09. The van der Waals surface area contributed by atoms with Crippen LogP contribution in [0.2, 0.25) is 0 Å². The molecule has 15 heavy (non-hydrogen) atoms. The van der Waals surface area contributed by atoms with Crippen LogP contribution in [0, 0.1) is 0 Å². The molecule has 0 spiro atoms. The summed E-state index contributed by atoms with van der Waals surface area (Å²) in [7, 11) is -3.14. The van der Waals surface area contributed by atoms with Gasteiger partial charge >= 0.3 is 0 Å². The second kappa shape index (κ2) is 5.79. The maximum atomic E-state index is 11.9. The average Bonchev–Trinajstić information content (AvgIpc) is 2.18. The summed E-state index contributed by atoms with van der Waals surface area (Å²) in [6.07, 6.45) is 0. The number of sulfonamides is 1. The Balaban J connectivity index is 2.51. The van der Waals surface area contributed by atoms with Gasteiger partial charge in [-0.1, -0.05) is 0 Å². The second-order valence-electron chi connectivity index (χ2n) is 3.68. The van der Waals surface area contributed by atoms with Gasteiger partial charge in [0.1, 0.15) is 0 Å². The standard InChI is InChI=1S/C9H20N2O3S/c1-3-14-6-7-15(12,13)11-5-4-10-8-9(11)2/h9-10H,3-8H2,1-2H3/t9-/m1/s1. The van der Waals surface area contributed by atoms with Crippen LogP contribution in [0.3, 0.4) is 0 Å². The zero-order valence-electron chi connectivity index (χ0n) is 9.40. The molecule has 1 fully saturated rings. The summed E-state index contributed by atoms with van der Waals surface area (Å²) >= 11 is 0. The van der Waals surface area contributed by atoms with Gasteiger partial charge in [-0.05, 0) is 13.8 Å². The van der Waals surface area contributed by atoms with E-state index < -0.39 is 10.0 Å². The SMILES string of the molecule is CCOCCS(=O)(=O)N1CCNC[C@H]1C. The van der Waals surface area contributed by atoms with Gasteiger partial charge in [0, 0.05) is 32.3 Å². The Kier molecular flexibility index (Phi) is 4.98. The van der Waals surface area contributed by atoms with Gasteiger partial charge in [-0.3, -0.25) is 0 Å². The van der Waals surface area contributed by atoms with Crippen LogP contribution >= 0.6 is 0 Å². The fraction of sp³-hybridized carbons (Fsp3) is 1.00. The molecule has 6 heteroatoms. The van der Waals surface area contributed by atoms with Crippen molar-refractivity contribution in [3.05, 3.63) is 0 Å². The zero-order chi connectivity index (χ0) is 11.3. The number of rotatable bonds is 5. The van der Waals surface area contributed by atoms with Gasteiger partial charge in [-0.15, -0.1) is 0 Å². The Labute approximate surface area is 91.8 Å². The summed E-state index contributed by atoms with van der Waals surface area (Å²) in [6.45, 7) is 6.66. The Hall–Kier alpha value is -0.170. The highest BCUT2D eigenvalue weighted by Gasteiger charge is 2.28. The highest BCUT2D eigenvalue weighted by molar-refractivity contribution is 7.89. The lowest BCUT2D eigenvalue weighted by Gasteiger charge is -2.32. The molecule has 0 radical (unpaired) electrons. The number of nitrogens with zero attached hydrogens (tertiary/aromatic N) is 1. The normalized spacial score (nSPS) is 24.3. The molecule has 1 aliphatic heterocycles. The summed E-state index contributed by atoms with van der Waals surface area (Å²) in [5.41, 5.74) is 0. The zero-order valence-corrected chi connectivity index (χ0v) is 10.2. The first-order valence-corrected chi connectivity index (χ1v) is 6.97. The average molecular weight is 236 g/mol. The molecular weight excluding hydrogens is 216 g/mol. The molecule has 0 bridgehead atoms. The van der Waals surface area contributed by atoms with E-state index in [1.54, 1.807) is 4.31 Å². The van der Waals surface area contributed by atoms with E-state index in [0.29, 0.717) is 13.2 Å². The Bertz CT molecular complexity index is 279. The molecule has 0 amide bonds. The van der Waals surface area contributed by atoms with E-state index in [2.05, 4.69) is 5.32 Å². The minimum atomic E-state index is -3.14. The third kappa shape index (κ3) is 3.71. The Morgan fingerprint density at radius 3 is 2.87 bits per heavy atom. The minimum absolute atomic E-state index is 0.0466. The van der Waals surface area contributed by atoms with Crippen molar-refractivity contribution >= 4 is 10.0 Å². The van der Waals surface area contributed by atoms with E-state index >= 15 is 0 Å². The smallest absolute Gasteiger partial charge is 0.216 e. The van der Waals surface area contributed by atoms with Crippen LogP contribution in [0.5, 0.6) is 0 Å². The maximum Gasteiger partial charge on any atom is 0.216 e. The van der Waals surface area contributed by atoms with Gasteiger partial charge < -0.3 is 10.1 Å². The van der Waals surface area contributed by atoms with Crippen LogP contribution in [0.1, 0.15) is 13.8 Å². The van der Waals surface area contributed by atoms with Gasteiger partial charge in [0.25, 0.3) is 0 Å². The first-order chi connectivity index (χ1) is 7.08. The summed E-state index contributed by atoms with van der Waals surface area (Å²) in [4.78, 5) is 0. The molecule has 5 nitrogen and oxygen atoms in total. The van der Waals surface area contributed by atoms with Crippen molar-refractivity contribution in [2.75, 3.05) is 38.6 Å². The van der Waals surface area contributed by atoms with Crippen molar-refractivity contribution in [2.24, 2.45) is 0 Å². The predicted molar refractivity (Wildman–Crippen MR) is 59.3 cm³/mol. The highest BCUT2D eigenvalue weighted by atomic mass is 32.2. The van der Waals surface area contributed by atoms with Crippen LogP contribution in [-0.2, 0) is 14.8 Å². The fourth-order valence-corrected chi connectivity index (χ4v) is 3.22. The number of ether oxygens (including phenoxy) is 1. The first kappa shape index (κ1) is 12.9. The van der Waals surface area contributed by atoms with Crippen molar-refractivity contribution in [1.82, 2.24) is 9.62 Å². The van der Waals surface area contributed by atoms with Crippen molar-refractivity contribution in [3.63, 3.8) is 0 Å². The summed E-state index contributed by atoms with van der Waals surface area (Å²) < 4.78 is 30.4. The lowest BCUT2D eigenvalue weighted by Crippen LogP contribution is -2.53. The summed E-state index contributed by atoms with van der Waals surface area (Å²) in [5, 5.41) is 3.17. The third-order valence-corrected chi connectivity index (χ3v) is 4.43. The van der Waals surface area contributed by atoms with E-state index in [1.165, 1.54) is 0 Å². The molecule has 0 saturated carbocycles. The van der Waals surface area contributed by atoms with Gasteiger partial charge in [0.15, 0.2) is 0 Å². The van der Waals surface area contributed by atoms with E-state index in [-0.39, 0.29) is 18.4 Å². The van der Waals surface area contributed by atoms with E-state index in [0.717, 1.165) is 13.1 Å². The molecule has 0 aromatic rings. The Morgan fingerprint density at radius 1 is 1.53 bits per heavy atom. The first-order valence-electron chi connectivity index (χ1n) is 5.36. The van der Waals surface area contributed by atoms with Gasteiger partial charge in [-0.25, -0.2) is 8.42 Å². The lowest BCUT2D eigenvalue weighted by atomic mass is 10.3. The fourth-order valence-electron chi connectivity index (χ4n) is 1.66. The molecule has 0 aromatic heterocycles. The number of nitrogens with one attached hydrogen (secondary N) is 1. The monoisotopic (exact) mass is 236 g/mol. The largest absolute Gasteiger partial charge is 0.381 e. The molecule has 1 rings (SSSR count). The van der Waals surface area contributed by atoms with Crippen molar-refractivity contribution in [1.29, 1.82) is 0 Å². The molecule has 1 saturated heterocycles.